The number of hydrogen-bond donors (Lipinski definition) is 1. The van der Waals surface area contributed by atoms with Crippen molar-refractivity contribution in [3.8, 4) is 11.5 Å². The van der Waals surface area contributed by atoms with Crippen LogP contribution in [0.3, 0.4) is 0 Å². The molecule has 1 N–H and O–H groups in total. The van der Waals surface area contributed by atoms with Crippen molar-refractivity contribution in [2.45, 2.75) is 35.4 Å². The van der Waals surface area contributed by atoms with Crippen molar-refractivity contribution in [2.75, 3.05) is 0 Å². The predicted octanol–water partition coefficient (Wildman–Crippen LogP) is -5.37. The van der Waals surface area contributed by atoms with Gasteiger partial charge in [0.1, 0.15) is 39.2 Å². The van der Waals surface area contributed by atoms with Gasteiger partial charge in [-0.25, -0.2) is 0 Å². The summed E-state index contributed by atoms with van der Waals surface area (Å²) in [5.74, 6) is 2.12. The van der Waals surface area contributed by atoms with Crippen molar-refractivity contribution in [1.29, 1.82) is 0 Å². The van der Waals surface area contributed by atoms with Crippen LogP contribution in [0.25, 0.3) is 0 Å². The van der Waals surface area contributed by atoms with Gasteiger partial charge in [0.2, 0.25) is 0 Å². The van der Waals surface area contributed by atoms with E-state index in [0.29, 0.717) is 5.84 Å². The van der Waals surface area contributed by atoms with Gasteiger partial charge in [0.15, 0.2) is 32.8 Å². The third-order valence-electron chi connectivity index (χ3n) is 5.07. The Balaban J connectivity index is 2.38. The summed E-state index contributed by atoms with van der Waals surface area (Å²) in [6.07, 6.45) is 1.05. The first-order chi connectivity index (χ1) is 10.0. The zero-order chi connectivity index (χ0) is 16.8. The van der Waals surface area contributed by atoms with Crippen LogP contribution in [0.15, 0.2) is 18.2 Å². The highest BCUT2D eigenvalue weighted by molar-refractivity contribution is 6.46. The maximum absolute atomic E-state index is 5.91. The highest BCUT2D eigenvalue weighted by Crippen LogP contribution is 2.41. The maximum Gasteiger partial charge on any atom is 0.197 e. The smallest absolute Gasteiger partial charge is 0.197 e. The molecule has 1 atom stereocenters. The van der Waals surface area contributed by atoms with Crippen LogP contribution in [0, 0.1) is 0 Å². The fourth-order valence-electron chi connectivity index (χ4n) is 3.29. The minimum atomic E-state index is -0.574. The maximum atomic E-state index is 5.91. The highest BCUT2D eigenvalue weighted by Gasteiger charge is 2.41. The minimum Gasteiger partial charge on any atom is -0.467 e. The van der Waals surface area contributed by atoms with E-state index in [4.69, 9.17) is 9.47 Å². The van der Waals surface area contributed by atoms with Gasteiger partial charge in [-0.1, -0.05) is 29.6 Å². The van der Waals surface area contributed by atoms with Crippen molar-refractivity contribution >= 4 is 54.9 Å². The average molecular weight is 290 g/mol. The van der Waals surface area contributed by atoms with Crippen LogP contribution in [0.5, 0.6) is 11.5 Å². The van der Waals surface area contributed by atoms with Crippen molar-refractivity contribution in [2.24, 2.45) is 0 Å². The van der Waals surface area contributed by atoms with Gasteiger partial charge in [-0.2, -0.15) is 0 Å². The monoisotopic (exact) mass is 291 g/mol. The lowest BCUT2D eigenvalue weighted by Gasteiger charge is -2.47. The summed E-state index contributed by atoms with van der Waals surface area (Å²) in [7, 11) is 15.2. The Kier molecular flexibility index (Phi) is 4.56. The van der Waals surface area contributed by atoms with Crippen LogP contribution in [-0.2, 0) is 5.21 Å². The van der Waals surface area contributed by atoms with Crippen LogP contribution in [0.2, 0.25) is 0 Å². The molecule has 0 saturated carbocycles. The number of benzene rings is 1. The molecule has 0 aliphatic carbocycles. The lowest BCUT2D eigenvalue weighted by Crippen LogP contribution is -2.65. The molecule has 0 radical (unpaired) electrons. The van der Waals surface area contributed by atoms with Gasteiger partial charge in [-0.15, -0.1) is 0 Å². The van der Waals surface area contributed by atoms with Crippen LogP contribution >= 0.6 is 0 Å². The summed E-state index contributed by atoms with van der Waals surface area (Å²) < 4.78 is 11.7. The molecule has 1 aromatic rings. The molecule has 22 heavy (non-hydrogen) atoms. The molecule has 0 bridgehead atoms. The van der Waals surface area contributed by atoms with Gasteiger partial charge in [-0.3, -0.25) is 0 Å². The van der Waals surface area contributed by atoms with Crippen molar-refractivity contribution in [3.05, 3.63) is 23.8 Å². The lowest BCUT2D eigenvalue weighted by atomic mass is 9.36. The first-order valence-corrected chi connectivity index (χ1v) is 8.31. The predicted molar refractivity (Wildman–Crippen MR) is 112 cm³/mol. The number of ether oxygens (including phenoxy) is 2. The second kappa shape index (κ2) is 5.70. The largest absolute Gasteiger partial charge is 0.467 e. The summed E-state index contributed by atoms with van der Waals surface area (Å²) in [4.78, 5) is 0. The summed E-state index contributed by atoms with van der Waals surface area (Å²) in [5, 5.41) is 3.73. The topological polar surface area (TPSA) is 30.5 Å². The number of fused-ring (bicyclic) bond motifs is 1. The van der Waals surface area contributed by atoms with Crippen molar-refractivity contribution in [3.63, 3.8) is 0 Å². The summed E-state index contributed by atoms with van der Waals surface area (Å²) >= 11 is 0. The van der Waals surface area contributed by atoms with E-state index in [1.54, 1.807) is 0 Å². The van der Waals surface area contributed by atoms with Crippen molar-refractivity contribution < 1.29 is 9.47 Å². The number of nitrogens with one attached hydrogen (secondary N) is 1. The summed E-state index contributed by atoms with van der Waals surface area (Å²) in [5.41, 5.74) is 0.699. The van der Waals surface area contributed by atoms with Crippen LogP contribution < -0.4 is 14.8 Å². The quantitative estimate of drug-likeness (QED) is 0.549. The molecule has 2 rings (SSSR count). The van der Waals surface area contributed by atoms with Crippen molar-refractivity contribution in [1.82, 2.24) is 5.32 Å². The molecule has 0 fully saturated rings. The lowest BCUT2D eigenvalue weighted by molar-refractivity contribution is 0.0833. The van der Waals surface area contributed by atoms with Crippen LogP contribution in [-0.4, -0.2) is 71.8 Å². The van der Waals surface area contributed by atoms with E-state index >= 15 is 0 Å². The van der Waals surface area contributed by atoms with Crippen LogP contribution in [0.1, 0.15) is 18.9 Å². The fourth-order valence-corrected chi connectivity index (χ4v) is 3.29. The normalized spacial score (nSPS) is 19.0. The third-order valence-corrected chi connectivity index (χ3v) is 5.07. The van der Waals surface area contributed by atoms with Gasteiger partial charge in [0.25, 0.3) is 0 Å². The molecule has 0 amide bonds. The molecule has 0 spiro atoms. The van der Waals surface area contributed by atoms with E-state index in [9.17, 15) is 0 Å². The Morgan fingerprint density at radius 1 is 1.14 bits per heavy atom. The summed E-state index contributed by atoms with van der Waals surface area (Å²) in [6, 6.07) is 6.34. The number of hydrogen-bond acceptors (Lipinski definition) is 3. The zero-order valence-electron chi connectivity index (χ0n) is 15.3. The van der Waals surface area contributed by atoms with E-state index in [2.05, 4.69) is 63.6 Å². The second-order valence-corrected chi connectivity index (χ2v) is 7.88. The summed E-state index contributed by atoms with van der Waals surface area (Å²) in [6.45, 7) is 2.24. The van der Waals surface area contributed by atoms with E-state index < -0.39 is 5.59 Å². The van der Waals surface area contributed by atoms with Gasteiger partial charge in [0, 0.05) is 0 Å². The molecular weight excluding hydrogens is 266 g/mol. The van der Waals surface area contributed by atoms with Gasteiger partial charge in [-0.05, 0) is 24.0 Å². The molecule has 0 saturated heterocycles. The van der Waals surface area contributed by atoms with E-state index in [0.717, 1.165) is 17.9 Å². The van der Waals surface area contributed by atoms with Crippen LogP contribution in [0.4, 0.5) is 0 Å². The molecule has 10 heteroatoms. The first-order valence-electron chi connectivity index (χ1n) is 8.31. The molecule has 110 valence electrons. The second-order valence-electron chi connectivity index (χ2n) is 7.88. The molecular formula is C12H24B7NO2. The van der Waals surface area contributed by atoms with E-state index in [1.165, 1.54) is 5.56 Å². The first kappa shape index (κ1) is 17.6. The molecule has 1 heterocycles. The Hall–Kier alpha value is -0.765. The third kappa shape index (κ3) is 3.13. The Labute approximate surface area is 140 Å². The van der Waals surface area contributed by atoms with Gasteiger partial charge < -0.3 is 14.8 Å². The van der Waals surface area contributed by atoms with Gasteiger partial charge >= 0.3 is 0 Å². The Morgan fingerprint density at radius 2 is 1.73 bits per heavy atom. The van der Waals surface area contributed by atoms with E-state index in [1.807, 2.05) is 21.8 Å². The average Bonchev–Trinajstić information content (AvgIpc) is 2.70. The SMILES string of the molecule is BC(B)NC(B)(CC)C(B)(B)c1ccc2c(c1)OC(B)(B)O2. The molecule has 1 unspecified atom stereocenters. The standard InChI is InChI=1S/C12H24B7NO2/c1-2-10(15,20-9(13)14)11(16,17)6-3-4-7-8(5-6)22-12(18,19)21-7/h3-5,9,20H,2,13-19H2,1H3. The highest BCUT2D eigenvalue weighted by atomic mass is 16.7. The molecule has 1 aliphatic heterocycles. The fraction of sp³-hybridized carbons (Fsp3) is 0.500. The molecule has 0 aromatic heterocycles. The molecule has 1 aliphatic rings. The number of rotatable bonds is 5. The Bertz CT molecular complexity index is 566. The zero-order valence-corrected chi connectivity index (χ0v) is 15.3. The Morgan fingerprint density at radius 3 is 2.27 bits per heavy atom. The molecule has 3 nitrogen and oxygen atoms in total. The molecule has 1 aromatic carbocycles. The van der Waals surface area contributed by atoms with Gasteiger partial charge in [0.05, 0.1) is 0 Å². The minimum absolute atomic E-state index is 0.00435. The van der Waals surface area contributed by atoms with E-state index in [-0.39, 0.29) is 10.7 Å².